The minimum Gasteiger partial charge on any atom is -0.471 e. The van der Waals surface area contributed by atoms with Crippen LogP contribution in [-0.4, -0.2) is 6.61 Å². The lowest BCUT2D eigenvalue weighted by Gasteiger charge is -2.19. The average Bonchev–Trinajstić information content (AvgIpc) is 2.62. The van der Waals surface area contributed by atoms with Crippen LogP contribution in [-0.2, 0) is 5.41 Å². The highest BCUT2D eigenvalue weighted by atomic mass is 35.5. The third kappa shape index (κ3) is 3.70. The second kappa shape index (κ2) is 7.09. The van der Waals surface area contributed by atoms with Gasteiger partial charge in [0.25, 0.3) is 0 Å². The largest absolute Gasteiger partial charge is 0.471 e. The Morgan fingerprint density at radius 2 is 1.85 bits per heavy atom. The standard InChI is InChI=1S/C22H20ClNO3/c1-13-11-18-16(12-17(13)23)19(25)21(26-10-9-24)20(27-18)14-5-7-15(8-6-14)22(2,3)4/h5-8,11-12H,10H2,1-4H3. The van der Waals surface area contributed by atoms with Crippen LogP contribution in [0.5, 0.6) is 5.75 Å². The third-order valence-corrected chi connectivity index (χ3v) is 4.83. The van der Waals surface area contributed by atoms with Crippen molar-refractivity contribution in [1.29, 1.82) is 5.26 Å². The fourth-order valence-electron chi connectivity index (χ4n) is 2.85. The van der Waals surface area contributed by atoms with Gasteiger partial charge in [0, 0.05) is 10.6 Å². The van der Waals surface area contributed by atoms with Crippen molar-refractivity contribution in [2.45, 2.75) is 33.1 Å². The summed E-state index contributed by atoms with van der Waals surface area (Å²) in [5.74, 6) is 0.331. The maximum Gasteiger partial charge on any atom is 0.235 e. The number of ether oxygens (including phenoxy) is 1. The molecule has 5 heteroatoms. The molecule has 3 rings (SSSR count). The van der Waals surface area contributed by atoms with Gasteiger partial charge in [0.2, 0.25) is 11.2 Å². The number of nitrogens with zero attached hydrogens (tertiary/aromatic N) is 1. The Bertz CT molecular complexity index is 1100. The van der Waals surface area contributed by atoms with Gasteiger partial charge in [0.15, 0.2) is 12.4 Å². The third-order valence-electron chi connectivity index (χ3n) is 4.42. The molecule has 0 fully saturated rings. The zero-order valence-corrected chi connectivity index (χ0v) is 16.5. The van der Waals surface area contributed by atoms with E-state index in [1.165, 1.54) is 0 Å². The molecule has 0 aliphatic heterocycles. The molecule has 0 radical (unpaired) electrons. The Morgan fingerprint density at radius 3 is 2.44 bits per heavy atom. The fourth-order valence-corrected chi connectivity index (χ4v) is 3.01. The predicted octanol–water partition coefficient (Wildman–Crippen LogP) is 5.62. The van der Waals surface area contributed by atoms with Crippen molar-refractivity contribution in [2.24, 2.45) is 0 Å². The number of nitriles is 1. The predicted molar refractivity (Wildman–Crippen MR) is 107 cm³/mol. The van der Waals surface area contributed by atoms with E-state index in [4.69, 9.17) is 26.0 Å². The molecule has 138 valence electrons. The number of halogens is 1. The molecule has 0 unspecified atom stereocenters. The van der Waals surface area contributed by atoms with Gasteiger partial charge in [0.1, 0.15) is 11.7 Å². The van der Waals surface area contributed by atoms with Crippen molar-refractivity contribution >= 4 is 22.6 Å². The Kier molecular flexibility index (Phi) is 4.99. The number of hydrogen-bond donors (Lipinski definition) is 0. The second-order valence-electron chi connectivity index (χ2n) is 7.46. The lowest BCUT2D eigenvalue weighted by atomic mass is 9.86. The molecule has 3 aromatic rings. The van der Waals surface area contributed by atoms with E-state index in [-0.39, 0.29) is 23.2 Å². The molecule has 0 bridgehead atoms. The summed E-state index contributed by atoms with van der Waals surface area (Å²) < 4.78 is 11.5. The van der Waals surface area contributed by atoms with Crippen LogP contribution in [0.15, 0.2) is 45.6 Å². The lowest BCUT2D eigenvalue weighted by molar-refractivity contribution is 0.356. The molecular weight excluding hydrogens is 362 g/mol. The molecule has 0 N–H and O–H groups in total. The first-order valence-corrected chi connectivity index (χ1v) is 8.98. The van der Waals surface area contributed by atoms with Gasteiger partial charge in [-0.1, -0.05) is 56.6 Å². The summed E-state index contributed by atoms with van der Waals surface area (Å²) in [7, 11) is 0. The minimum atomic E-state index is -0.344. The zero-order valence-electron chi connectivity index (χ0n) is 15.7. The van der Waals surface area contributed by atoms with Crippen LogP contribution < -0.4 is 10.2 Å². The van der Waals surface area contributed by atoms with Crippen molar-refractivity contribution in [3.63, 3.8) is 0 Å². The first kappa shape index (κ1) is 19.0. The lowest BCUT2D eigenvalue weighted by Crippen LogP contribution is -2.12. The van der Waals surface area contributed by atoms with Gasteiger partial charge >= 0.3 is 0 Å². The molecule has 1 aromatic heterocycles. The Hall–Kier alpha value is -2.77. The van der Waals surface area contributed by atoms with Gasteiger partial charge in [-0.25, -0.2) is 0 Å². The van der Waals surface area contributed by atoms with E-state index >= 15 is 0 Å². The second-order valence-corrected chi connectivity index (χ2v) is 7.87. The van der Waals surface area contributed by atoms with Crippen molar-refractivity contribution < 1.29 is 9.15 Å². The summed E-state index contributed by atoms with van der Waals surface area (Å²) in [4.78, 5) is 13.0. The van der Waals surface area contributed by atoms with E-state index < -0.39 is 0 Å². The Labute approximate surface area is 163 Å². The normalized spacial score (nSPS) is 11.4. The molecule has 0 atom stereocenters. The first-order valence-electron chi connectivity index (χ1n) is 8.60. The van der Waals surface area contributed by atoms with Crippen molar-refractivity contribution in [3.8, 4) is 23.1 Å². The number of fused-ring (bicyclic) bond motifs is 1. The van der Waals surface area contributed by atoms with Crippen molar-refractivity contribution in [3.05, 3.63) is 62.8 Å². The molecule has 4 nitrogen and oxygen atoms in total. The van der Waals surface area contributed by atoms with Gasteiger partial charge in [-0.05, 0) is 35.6 Å². The van der Waals surface area contributed by atoms with E-state index in [9.17, 15) is 4.79 Å². The maximum atomic E-state index is 13.0. The quantitative estimate of drug-likeness (QED) is 0.590. The highest BCUT2D eigenvalue weighted by Crippen LogP contribution is 2.34. The molecule has 0 saturated carbocycles. The summed E-state index contributed by atoms with van der Waals surface area (Å²) in [5.41, 5.74) is 2.78. The molecule has 0 aliphatic rings. The summed E-state index contributed by atoms with van der Waals surface area (Å²) in [5, 5.41) is 9.67. The molecule has 0 saturated heterocycles. The van der Waals surface area contributed by atoms with Crippen molar-refractivity contribution in [2.75, 3.05) is 6.61 Å². The van der Waals surface area contributed by atoms with Crippen LogP contribution in [0.25, 0.3) is 22.3 Å². The smallest absolute Gasteiger partial charge is 0.235 e. The zero-order chi connectivity index (χ0) is 19.8. The molecular formula is C22H20ClNO3. The summed E-state index contributed by atoms with van der Waals surface area (Å²) >= 11 is 6.16. The fraction of sp³-hybridized carbons (Fsp3) is 0.273. The number of hydrogen-bond acceptors (Lipinski definition) is 4. The molecule has 0 aliphatic carbocycles. The van der Waals surface area contributed by atoms with E-state index in [2.05, 4.69) is 20.8 Å². The van der Waals surface area contributed by atoms with Gasteiger partial charge in [-0.15, -0.1) is 0 Å². The van der Waals surface area contributed by atoms with E-state index in [1.807, 2.05) is 37.3 Å². The SMILES string of the molecule is Cc1cc2oc(-c3ccc(C(C)(C)C)cc3)c(OCC#N)c(=O)c2cc1Cl. The molecule has 0 spiro atoms. The average molecular weight is 382 g/mol. The number of benzene rings is 2. The minimum absolute atomic E-state index is 0.0107. The van der Waals surface area contributed by atoms with E-state index in [0.29, 0.717) is 27.3 Å². The number of aryl methyl sites for hydroxylation is 1. The molecule has 0 amide bonds. The van der Waals surface area contributed by atoms with Crippen LogP contribution in [0.4, 0.5) is 0 Å². The van der Waals surface area contributed by atoms with Crippen molar-refractivity contribution in [1.82, 2.24) is 0 Å². The monoisotopic (exact) mass is 381 g/mol. The molecule has 27 heavy (non-hydrogen) atoms. The van der Waals surface area contributed by atoms with E-state index in [1.54, 1.807) is 12.1 Å². The summed E-state index contributed by atoms with van der Waals surface area (Å²) in [6, 6.07) is 13.0. The van der Waals surface area contributed by atoms with E-state index in [0.717, 1.165) is 11.1 Å². The molecule has 1 heterocycles. The number of rotatable bonds is 3. The topological polar surface area (TPSA) is 63.2 Å². The highest BCUT2D eigenvalue weighted by Gasteiger charge is 2.20. The Morgan fingerprint density at radius 1 is 1.19 bits per heavy atom. The van der Waals surface area contributed by atoms with Crippen LogP contribution in [0, 0.1) is 18.3 Å². The Balaban J connectivity index is 2.25. The summed E-state index contributed by atoms with van der Waals surface area (Å²) in [6.45, 7) is 7.99. The maximum absolute atomic E-state index is 13.0. The highest BCUT2D eigenvalue weighted by molar-refractivity contribution is 6.32. The van der Waals surface area contributed by atoms with Gasteiger partial charge in [-0.2, -0.15) is 5.26 Å². The van der Waals surface area contributed by atoms with Gasteiger partial charge in [-0.3, -0.25) is 4.79 Å². The summed E-state index contributed by atoms with van der Waals surface area (Å²) in [6.07, 6.45) is 0. The van der Waals surface area contributed by atoms with Crippen LogP contribution in [0.2, 0.25) is 5.02 Å². The molecule has 2 aromatic carbocycles. The van der Waals surface area contributed by atoms with Gasteiger partial charge < -0.3 is 9.15 Å². The van der Waals surface area contributed by atoms with Gasteiger partial charge in [0.05, 0.1) is 5.39 Å². The van der Waals surface area contributed by atoms with Crippen LogP contribution in [0.1, 0.15) is 31.9 Å². The van der Waals surface area contributed by atoms with Crippen LogP contribution >= 0.6 is 11.6 Å². The first-order chi connectivity index (χ1) is 12.7. The van der Waals surface area contributed by atoms with Crippen LogP contribution in [0.3, 0.4) is 0 Å².